The Balaban J connectivity index is 2.04. The third kappa shape index (κ3) is 3.76. The molecule has 0 fully saturated rings. The van der Waals surface area contributed by atoms with Crippen molar-refractivity contribution >= 4 is 23.3 Å². The Morgan fingerprint density at radius 1 is 1.19 bits per heavy atom. The van der Waals surface area contributed by atoms with Gasteiger partial charge in [0.2, 0.25) is 0 Å². The van der Waals surface area contributed by atoms with Crippen LogP contribution in [0.5, 0.6) is 0 Å². The molecule has 3 nitrogen and oxygen atoms in total. The highest BCUT2D eigenvalue weighted by molar-refractivity contribution is 6.34. The van der Waals surface area contributed by atoms with Gasteiger partial charge in [0.15, 0.2) is 0 Å². The molecular formula is C17H18ClNO2. The normalized spacial score (nSPS) is 10.7. The van der Waals surface area contributed by atoms with Gasteiger partial charge in [0.1, 0.15) is 12.2 Å². The van der Waals surface area contributed by atoms with E-state index in [9.17, 15) is 4.79 Å². The predicted molar refractivity (Wildman–Crippen MR) is 85.5 cm³/mol. The summed E-state index contributed by atoms with van der Waals surface area (Å²) in [7, 11) is 0. The van der Waals surface area contributed by atoms with Crippen molar-refractivity contribution in [2.24, 2.45) is 0 Å². The number of benzene rings is 2. The third-order valence-electron chi connectivity index (χ3n) is 3.27. The van der Waals surface area contributed by atoms with Crippen molar-refractivity contribution in [2.75, 3.05) is 5.73 Å². The van der Waals surface area contributed by atoms with E-state index in [1.165, 1.54) is 5.56 Å². The molecule has 110 valence electrons. The molecule has 0 unspecified atom stereocenters. The molecule has 0 atom stereocenters. The second-order valence-corrected chi connectivity index (χ2v) is 5.58. The van der Waals surface area contributed by atoms with Crippen LogP contribution in [-0.2, 0) is 11.3 Å². The lowest BCUT2D eigenvalue weighted by molar-refractivity contribution is 0.0474. The number of hydrogen-bond acceptors (Lipinski definition) is 3. The molecule has 0 aliphatic heterocycles. The monoisotopic (exact) mass is 303 g/mol. The van der Waals surface area contributed by atoms with Crippen LogP contribution >= 0.6 is 11.6 Å². The largest absolute Gasteiger partial charge is 0.457 e. The minimum Gasteiger partial charge on any atom is -0.457 e. The number of rotatable bonds is 4. The van der Waals surface area contributed by atoms with Gasteiger partial charge in [-0.3, -0.25) is 0 Å². The molecule has 2 aromatic rings. The fourth-order valence-electron chi connectivity index (χ4n) is 1.98. The van der Waals surface area contributed by atoms with Crippen LogP contribution in [0.2, 0.25) is 5.02 Å². The van der Waals surface area contributed by atoms with E-state index >= 15 is 0 Å². The third-order valence-corrected chi connectivity index (χ3v) is 3.58. The van der Waals surface area contributed by atoms with Gasteiger partial charge >= 0.3 is 5.97 Å². The van der Waals surface area contributed by atoms with Crippen molar-refractivity contribution in [2.45, 2.75) is 26.4 Å². The Bertz CT molecular complexity index is 615. The summed E-state index contributed by atoms with van der Waals surface area (Å²) in [4.78, 5) is 12.0. The minimum absolute atomic E-state index is 0.196. The molecule has 2 N–H and O–H groups in total. The van der Waals surface area contributed by atoms with Gasteiger partial charge in [-0.15, -0.1) is 0 Å². The van der Waals surface area contributed by atoms with Crippen LogP contribution in [0.15, 0.2) is 42.5 Å². The predicted octanol–water partition coefficient (Wildman–Crippen LogP) is 4.40. The summed E-state index contributed by atoms with van der Waals surface area (Å²) in [5.41, 5.74) is 8.48. The second kappa shape index (κ2) is 6.64. The Morgan fingerprint density at radius 2 is 1.86 bits per heavy atom. The van der Waals surface area contributed by atoms with Gasteiger partial charge in [0.05, 0.1) is 5.02 Å². The van der Waals surface area contributed by atoms with Crippen LogP contribution < -0.4 is 5.73 Å². The molecule has 0 aromatic heterocycles. The van der Waals surface area contributed by atoms with Gasteiger partial charge in [-0.25, -0.2) is 4.79 Å². The van der Waals surface area contributed by atoms with Crippen molar-refractivity contribution < 1.29 is 9.53 Å². The van der Waals surface area contributed by atoms with Gasteiger partial charge in [0, 0.05) is 5.69 Å². The SMILES string of the molecule is CC(C)c1ccc(COC(=O)c2c(N)cccc2Cl)cc1. The molecule has 0 heterocycles. The summed E-state index contributed by atoms with van der Waals surface area (Å²) < 4.78 is 5.27. The summed E-state index contributed by atoms with van der Waals surface area (Å²) in [6, 6.07) is 12.9. The molecule has 2 rings (SSSR count). The topological polar surface area (TPSA) is 52.3 Å². The van der Waals surface area contributed by atoms with Crippen molar-refractivity contribution in [3.05, 3.63) is 64.2 Å². The number of anilines is 1. The first-order valence-electron chi connectivity index (χ1n) is 6.79. The van der Waals surface area contributed by atoms with Crippen molar-refractivity contribution in [3.8, 4) is 0 Å². The fourth-order valence-corrected chi connectivity index (χ4v) is 2.23. The maximum absolute atomic E-state index is 12.0. The van der Waals surface area contributed by atoms with E-state index in [1.807, 2.05) is 24.3 Å². The Morgan fingerprint density at radius 3 is 2.43 bits per heavy atom. The zero-order valence-electron chi connectivity index (χ0n) is 12.1. The Hall–Kier alpha value is -2.00. The van der Waals surface area contributed by atoms with Crippen molar-refractivity contribution in [1.82, 2.24) is 0 Å². The van der Waals surface area contributed by atoms with Crippen LogP contribution in [0.3, 0.4) is 0 Å². The first-order chi connectivity index (χ1) is 9.99. The van der Waals surface area contributed by atoms with E-state index in [4.69, 9.17) is 22.1 Å². The number of ether oxygens (including phenoxy) is 1. The molecule has 0 spiro atoms. The van der Waals surface area contributed by atoms with Gasteiger partial charge < -0.3 is 10.5 Å². The summed E-state index contributed by atoms with van der Waals surface area (Å²) in [5.74, 6) is -0.0319. The van der Waals surface area contributed by atoms with Gasteiger partial charge in [-0.2, -0.15) is 0 Å². The number of hydrogen-bond donors (Lipinski definition) is 1. The lowest BCUT2D eigenvalue weighted by Gasteiger charge is -2.10. The molecule has 2 aromatic carbocycles. The standard InChI is InChI=1S/C17H18ClNO2/c1-11(2)13-8-6-12(7-9-13)10-21-17(20)16-14(18)4-3-5-15(16)19/h3-9,11H,10,19H2,1-2H3. The fraction of sp³-hybridized carbons (Fsp3) is 0.235. The second-order valence-electron chi connectivity index (χ2n) is 5.18. The van der Waals surface area contributed by atoms with Gasteiger partial charge in [0.25, 0.3) is 0 Å². The van der Waals surface area contributed by atoms with E-state index in [2.05, 4.69) is 13.8 Å². The maximum Gasteiger partial charge on any atom is 0.342 e. The summed E-state index contributed by atoms with van der Waals surface area (Å²) in [6.45, 7) is 4.46. The lowest BCUT2D eigenvalue weighted by atomic mass is 10.0. The summed E-state index contributed by atoms with van der Waals surface area (Å²) in [6.07, 6.45) is 0. The van der Waals surface area contributed by atoms with Crippen molar-refractivity contribution in [3.63, 3.8) is 0 Å². The Labute approximate surface area is 129 Å². The highest BCUT2D eigenvalue weighted by atomic mass is 35.5. The lowest BCUT2D eigenvalue weighted by Crippen LogP contribution is -2.09. The molecule has 0 amide bonds. The minimum atomic E-state index is -0.508. The number of carbonyl (C=O) groups excluding carboxylic acids is 1. The van der Waals surface area contributed by atoms with Crippen LogP contribution in [-0.4, -0.2) is 5.97 Å². The molecule has 21 heavy (non-hydrogen) atoms. The zero-order chi connectivity index (χ0) is 15.4. The van der Waals surface area contributed by atoms with Crippen LogP contribution in [0, 0.1) is 0 Å². The first-order valence-corrected chi connectivity index (χ1v) is 7.16. The average molecular weight is 304 g/mol. The Kier molecular flexibility index (Phi) is 4.86. The maximum atomic E-state index is 12.0. The van der Waals surface area contributed by atoms with Gasteiger partial charge in [-0.05, 0) is 29.2 Å². The van der Waals surface area contributed by atoms with Crippen LogP contribution in [0.4, 0.5) is 5.69 Å². The molecule has 4 heteroatoms. The number of carbonyl (C=O) groups is 1. The van der Waals surface area contributed by atoms with E-state index < -0.39 is 5.97 Å². The molecule has 0 saturated heterocycles. The highest BCUT2D eigenvalue weighted by Gasteiger charge is 2.15. The smallest absolute Gasteiger partial charge is 0.342 e. The highest BCUT2D eigenvalue weighted by Crippen LogP contribution is 2.23. The number of esters is 1. The first kappa shape index (κ1) is 15.4. The zero-order valence-corrected chi connectivity index (χ0v) is 12.9. The summed E-state index contributed by atoms with van der Waals surface area (Å²) >= 11 is 5.98. The van der Waals surface area contributed by atoms with Crippen molar-refractivity contribution in [1.29, 1.82) is 0 Å². The van der Waals surface area contributed by atoms with E-state index in [-0.39, 0.29) is 12.2 Å². The number of nitrogen functional groups attached to an aromatic ring is 1. The number of nitrogens with two attached hydrogens (primary N) is 1. The molecule has 0 aliphatic rings. The van der Waals surface area contributed by atoms with Crippen LogP contribution in [0.25, 0.3) is 0 Å². The average Bonchev–Trinajstić information content (AvgIpc) is 2.45. The molecule has 0 saturated carbocycles. The quantitative estimate of drug-likeness (QED) is 0.672. The molecular weight excluding hydrogens is 286 g/mol. The van der Waals surface area contributed by atoms with Crippen LogP contribution in [0.1, 0.15) is 41.3 Å². The van der Waals surface area contributed by atoms with Gasteiger partial charge in [-0.1, -0.05) is 55.8 Å². The number of halogens is 1. The molecule has 0 bridgehead atoms. The summed E-state index contributed by atoms with van der Waals surface area (Å²) in [5, 5.41) is 0.301. The molecule has 0 radical (unpaired) electrons. The van der Waals surface area contributed by atoms with E-state index in [0.29, 0.717) is 16.6 Å². The van der Waals surface area contributed by atoms with E-state index in [0.717, 1.165) is 5.56 Å². The van der Waals surface area contributed by atoms with E-state index in [1.54, 1.807) is 18.2 Å². The molecule has 0 aliphatic carbocycles.